The molecule has 9 heteroatoms. The molecule has 34 heavy (non-hydrogen) atoms. The van der Waals surface area contributed by atoms with E-state index in [1.54, 1.807) is 29.6 Å². The predicted molar refractivity (Wildman–Crippen MR) is 142 cm³/mol. The smallest absolute Gasteiger partial charge is 0.250 e. The summed E-state index contributed by atoms with van der Waals surface area (Å²) in [5.41, 5.74) is 3.46. The number of carbonyl (C=O) groups is 1. The average Bonchev–Trinajstić information content (AvgIpc) is 2.86. The van der Waals surface area contributed by atoms with Gasteiger partial charge < -0.3 is 19.9 Å². The normalized spacial score (nSPS) is 14.9. The van der Waals surface area contributed by atoms with E-state index in [1.807, 2.05) is 18.2 Å². The summed E-state index contributed by atoms with van der Waals surface area (Å²) in [4.78, 5) is 34.4. The van der Waals surface area contributed by atoms with Gasteiger partial charge in [0.15, 0.2) is 0 Å². The van der Waals surface area contributed by atoms with Gasteiger partial charge in [-0.2, -0.15) is 0 Å². The molecule has 0 spiro atoms. The summed E-state index contributed by atoms with van der Waals surface area (Å²) < 4.78 is 5.46. The van der Waals surface area contributed by atoms with Crippen LogP contribution in [0.1, 0.15) is 12.8 Å². The van der Waals surface area contributed by atoms with E-state index < -0.39 is 0 Å². The molecule has 0 unspecified atom stereocenters. The molecule has 0 radical (unpaired) electrons. The van der Waals surface area contributed by atoms with Crippen molar-refractivity contribution in [1.82, 2.24) is 4.98 Å². The summed E-state index contributed by atoms with van der Waals surface area (Å²) in [6, 6.07) is 16.0. The summed E-state index contributed by atoms with van der Waals surface area (Å²) >= 11 is 6.75. The first kappa shape index (κ1) is 23.5. The van der Waals surface area contributed by atoms with Crippen molar-refractivity contribution < 1.29 is 9.53 Å². The second-order valence-corrected chi connectivity index (χ2v) is 11.0. The minimum absolute atomic E-state index is 0.0275. The molecular weight excluding hydrogens is 534 g/mol. The molecule has 2 aliphatic rings. The van der Waals surface area contributed by atoms with Crippen LogP contribution in [0.4, 0.5) is 11.4 Å². The molecule has 3 heterocycles. The molecule has 0 atom stereocenters. The van der Waals surface area contributed by atoms with Crippen molar-refractivity contribution >= 4 is 56.7 Å². The summed E-state index contributed by atoms with van der Waals surface area (Å²) in [5.74, 6) is 0.0275. The third-order valence-corrected chi connectivity index (χ3v) is 8.83. The molecule has 6 nitrogen and oxygen atoms in total. The molecule has 0 saturated carbocycles. The molecule has 1 saturated heterocycles. The zero-order valence-corrected chi connectivity index (χ0v) is 21.7. The van der Waals surface area contributed by atoms with Crippen molar-refractivity contribution in [2.24, 2.45) is 0 Å². The highest BCUT2D eigenvalue weighted by Gasteiger charge is 2.22. The number of hydrogen-bond acceptors (Lipinski definition) is 6. The number of nitrogens with one attached hydrogen (secondary N) is 2. The fourth-order valence-electron chi connectivity index (χ4n) is 4.02. The number of alkyl halides is 1. The molecule has 5 rings (SSSR count). The highest BCUT2D eigenvalue weighted by atomic mass is 79.9. The maximum absolute atomic E-state index is 12.5. The lowest BCUT2D eigenvalue weighted by Crippen LogP contribution is -2.36. The van der Waals surface area contributed by atoms with Gasteiger partial charge in [0, 0.05) is 67.4 Å². The lowest BCUT2D eigenvalue weighted by atomic mass is 10.1. The molecule has 0 aliphatic carbocycles. The van der Waals surface area contributed by atoms with Crippen LogP contribution in [0.3, 0.4) is 0 Å². The van der Waals surface area contributed by atoms with Gasteiger partial charge in [0.25, 0.3) is 0 Å². The van der Waals surface area contributed by atoms with Gasteiger partial charge in [0.05, 0.1) is 18.9 Å². The van der Waals surface area contributed by atoms with Crippen molar-refractivity contribution in [3.63, 3.8) is 0 Å². The quantitative estimate of drug-likeness (QED) is 0.300. The van der Waals surface area contributed by atoms with E-state index in [-0.39, 0.29) is 11.5 Å². The number of halogens is 1. The fraction of sp³-hybridized carbons (Fsp3) is 0.280. The zero-order chi connectivity index (χ0) is 23.5. The Morgan fingerprint density at radius 2 is 1.91 bits per heavy atom. The number of pyridine rings is 1. The van der Waals surface area contributed by atoms with Crippen LogP contribution in [-0.4, -0.2) is 42.5 Å². The molecule has 2 aliphatic heterocycles. The van der Waals surface area contributed by atoms with E-state index in [2.05, 4.69) is 55.4 Å². The fourth-order valence-corrected chi connectivity index (χ4v) is 6.71. The van der Waals surface area contributed by atoms with Gasteiger partial charge in [-0.1, -0.05) is 51.6 Å². The molecule has 176 valence electrons. The number of anilines is 2. The highest BCUT2D eigenvalue weighted by Crippen LogP contribution is 2.52. The third-order valence-electron chi connectivity index (χ3n) is 5.67. The van der Waals surface area contributed by atoms with Crippen LogP contribution in [0.5, 0.6) is 0 Å². The van der Waals surface area contributed by atoms with Gasteiger partial charge in [-0.25, -0.2) is 0 Å². The number of H-pyrrole nitrogens is 1. The number of aromatic amines is 1. The maximum Gasteiger partial charge on any atom is 0.250 e. The minimum atomic E-state index is -0.106. The first-order valence-electron chi connectivity index (χ1n) is 11.2. The highest BCUT2D eigenvalue weighted by molar-refractivity contribution is 9.09. The van der Waals surface area contributed by atoms with Gasteiger partial charge >= 0.3 is 0 Å². The van der Waals surface area contributed by atoms with Crippen molar-refractivity contribution in [3.8, 4) is 11.3 Å². The number of morpholine rings is 1. The van der Waals surface area contributed by atoms with Gasteiger partial charge in [0.2, 0.25) is 11.5 Å². The number of amides is 1. The second kappa shape index (κ2) is 10.6. The molecule has 1 aromatic heterocycles. The Morgan fingerprint density at radius 1 is 1.06 bits per heavy atom. The van der Waals surface area contributed by atoms with E-state index in [0.717, 1.165) is 67.1 Å². The van der Waals surface area contributed by atoms with Gasteiger partial charge in [0.1, 0.15) is 0 Å². The number of hydrogen-bond donors (Lipinski definition) is 2. The Labute approximate surface area is 215 Å². The second-order valence-electron chi connectivity index (χ2n) is 8.06. The van der Waals surface area contributed by atoms with Crippen LogP contribution in [0.25, 0.3) is 11.3 Å². The Bertz CT molecular complexity index is 1270. The van der Waals surface area contributed by atoms with Crippen LogP contribution >= 0.6 is 39.5 Å². The molecule has 0 bridgehead atoms. The Hall–Kier alpha value is -2.20. The monoisotopic (exact) mass is 557 g/mol. The molecule has 3 aromatic rings. The van der Waals surface area contributed by atoms with Crippen LogP contribution in [-0.2, 0) is 9.53 Å². The van der Waals surface area contributed by atoms with Crippen LogP contribution in [0.15, 0.2) is 72.9 Å². The third kappa shape index (κ3) is 5.22. The number of ether oxygens (including phenoxy) is 1. The van der Waals surface area contributed by atoms with Crippen molar-refractivity contribution in [1.29, 1.82) is 0 Å². The zero-order valence-electron chi connectivity index (χ0n) is 18.4. The summed E-state index contributed by atoms with van der Waals surface area (Å²) in [5, 5.41) is 3.81. The van der Waals surface area contributed by atoms with E-state index in [4.69, 9.17) is 4.74 Å². The first-order valence-corrected chi connectivity index (χ1v) is 13.9. The average molecular weight is 559 g/mol. The van der Waals surface area contributed by atoms with Crippen molar-refractivity contribution in [2.75, 3.05) is 41.9 Å². The minimum Gasteiger partial charge on any atom is -0.378 e. The van der Waals surface area contributed by atoms with Gasteiger partial charge in [-0.05, 0) is 36.8 Å². The van der Waals surface area contributed by atoms with Crippen LogP contribution in [0.2, 0.25) is 0 Å². The summed E-state index contributed by atoms with van der Waals surface area (Å²) in [7, 11) is 0. The number of fused-ring (bicyclic) bond motifs is 2. The molecular formula is C25H24BrN3O3S2. The van der Waals surface area contributed by atoms with Gasteiger partial charge in [-0.15, -0.1) is 0 Å². The number of nitrogens with zero attached hydrogens (tertiary/aromatic N) is 1. The molecule has 1 amide bonds. The number of carbonyl (C=O) groups excluding carboxylic acids is 1. The topological polar surface area (TPSA) is 74.4 Å². The van der Waals surface area contributed by atoms with E-state index in [9.17, 15) is 9.59 Å². The Morgan fingerprint density at radius 3 is 2.74 bits per heavy atom. The summed E-state index contributed by atoms with van der Waals surface area (Å²) in [6.07, 6.45) is 1.31. The Balaban J connectivity index is 1.43. The van der Waals surface area contributed by atoms with E-state index in [0.29, 0.717) is 19.6 Å². The first-order chi connectivity index (χ1) is 16.6. The van der Waals surface area contributed by atoms with Crippen LogP contribution in [0, 0.1) is 0 Å². The number of aromatic nitrogens is 1. The number of benzene rings is 2. The van der Waals surface area contributed by atoms with Crippen molar-refractivity contribution in [3.05, 3.63) is 58.9 Å². The SMILES string of the molecule is O=C(CCCBr)Nc1ccc2c(c1)Sc1cccc(-c3cc(N4CCOCC4)cc(=O)[nH]3)c1S2. The van der Waals surface area contributed by atoms with Gasteiger partial charge in [-0.3, -0.25) is 9.59 Å². The molecule has 2 N–H and O–H groups in total. The largest absolute Gasteiger partial charge is 0.378 e. The summed E-state index contributed by atoms with van der Waals surface area (Å²) in [6.45, 7) is 2.90. The maximum atomic E-state index is 12.5. The lowest BCUT2D eigenvalue weighted by Gasteiger charge is -2.29. The van der Waals surface area contributed by atoms with Crippen molar-refractivity contribution in [2.45, 2.75) is 32.4 Å². The van der Waals surface area contributed by atoms with Crippen LogP contribution < -0.4 is 15.8 Å². The standard InChI is InChI=1S/C25H24BrN3O3S2/c26-8-2-5-23(30)27-16-6-7-20-22(13-16)33-21-4-1-3-18(25(21)34-20)19-14-17(15-24(31)28-19)29-9-11-32-12-10-29/h1,3-4,6-7,13-15H,2,5,8-12H2,(H,27,30)(H,28,31). The van der Waals surface area contributed by atoms with E-state index in [1.165, 1.54) is 0 Å². The predicted octanol–water partition coefficient (Wildman–Crippen LogP) is 5.61. The molecule has 2 aromatic carbocycles. The number of rotatable bonds is 6. The Kier molecular flexibility index (Phi) is 7.34. The van der Waals surface area contributed by atoms with E-state index >= 15 is 0 Å². The lowest BCUT2D eigenvalue weighted by molar-refractivity contribution is -0.116. The molecule has 1 fully saturated rings.